The highest BCUT2D eigenvalue weighted by Gasteiger charge is 2.30. The highest BCUT2D eigenvalue weighted by molar-refractivity contribution is 5.69. The van der Waals surface area contributed by atoms with Crippen LogP contribution in [0, 0.1) is 0 Å². The number of hydrogen-bond acceptors (Lipinski definition) is 5. The number of carbonyl (C=O) groups is 2. The highest BCUT2D eigenvalue weighted by Crippen LogP contribution is 2.15. The molecule has 1 N–H and O–H groups in total. The first-order valence-corrected chi connectivity index (χ1v) is 14.8. The Morgan fingerprint density at radius 2 is 1.44 bits per heavy atom. The number of hydrogen-bond donors (Lipinski definition) is 1. The Labute approximate surface area is 221 Å². The smallest absolute Gasteiger partial charge is 0.410 e. The number of cyclic esters (lactones) is 1. The molecule has 0 aromatic carbocycles. The maximum Gasteiger partial charge on any atom is 0.410 e. The number of ether oxygens (including phenoxy) is 3. The van der Waals surface area contributed by atoms with E-state index in [0.717, 1.165) is 25.9 Å². The van der Waals surface area contributed by atoms with Crippen LogP contribution in [-0.2, 0) is 14.2 Å². The number of alkyl carbamates (subject to hydrolysis) is 1. The van der Waals surface area contributed by atoms with Crippen LogP contribution in [0.3, 0.4) is 0 Å². The predicted molar refractivity (Wildman–Crippen MR) is 146 cm³/mol. The van der Waals surface area contributed by atoms with Crippen LogP contribution in [0.2, 0.25) is 0 Å². The van der Waals surface area contributed by atoms with Gasteiger partial charge < -0.3 is 24.4 Å². The van der Waals surface area contributed by atoms with Crippen molar-refractivity contribution in [3.63, 3.8) is 0 Å². The molecule has 1 atom stereocenters. The van der Waals surface area contributed by atoms with E-state index in [2.05, 4.69) is 12.2 Å². The van der Waals surface area contributed by atoms with Gasteiger partial charge in [-0.05, 0) is 40.0 Å². The lowest BCUT2D eigenvalue weighted by atomic mass is 10.0. The molecule has 1 aliphatic rings. The summed E-state index contributed by atoms with van der Waals surface area (Å²) in [6, 6.07) is 0. The Morgan fingerprint density at radius 1 is 0.889 bits per heavy atom. The van der Waals surface area contributed by atoms with Crippen LogP contribution in [0.1, 0.15) is 130 Å². The molecule has 7 nitrogen and oxygen atoms in total. The van der Waals surface area contributed by atoms with Gasteiger partial charge in [0.1, 0.15) is 11.7 Å². The van der Waals surface area contributed by atoms with Gasteiger partial charge in [0, 0.05) is 19.7 Å². The van der Waals surface area contributed by atoms with Crippen molar-refractivity contribution in [3.05, 3.63) is 0 Å². The molecule has 0 aliphatic carbocycles. The van der Waals surface area contributed by atoms with Crippen LogP contribution in [0.15, 0.2) is 0 Å². The van der Waals surface area contributed by atoms with Gasteiger partial charge in [-0.1, -0.05) is 90.4 Å². The molecule has 2 amide bonds. The Morgan fingerprint density at radius 3 is 2.00 bits per heavy atom. The molecule has 0 spiro atoms. The number of carbonyl (C=O) groups excluding carboxylic acids is 2. The molecule has 0 aromatic heterocycles. The molecule has 212 valence electrons. The lowest BCUT2D eigenvalue weighted by Gasteiger charge is -2.19. The molecule has 1 heterocycles. The average Bonchev–Trinajstić information content (AvgIpc) is 3.16. The molecule has 1 saturated heterocycles. The van der Waals surface area contributed by atoms with Gasteiger partial charge in [-0.15, -0.1) is 0 Å². The molecule has 1 aliphatic heterocycles. The van der Waals surface area contributed by atoms with E-state index in [1.165, 1.54) is 83.5 Å². The monoisotopic (exact) mass is 512 g/mol. The Kier molecular flexibility index (Phi) is 18.6. The van der Waals surface area contributed by atoms with E-state index < -0.39 is 11.7 Å². The van der Waals surface area contributed by atoms with Crippen molar-refractivity contribution in [2.75, 3.05) is 32.8 Å². The predicted octanol–water partition coefficient (Wildman–Crippen LogP) is 7.61. The zero-order valence-corrected chi connectivity index (χ0v) is 23.9. The van der Waals surface area contributed by atoms with E-state index in [0.29, 0.717) is 26.2 Å². The molecule has 0 bridgehead atoms. The fourth-order valence-electron chi connectivity index (χ4n) is 4.39. The van der Waals surface area contributed by atoms with E-state index >= 15 is 0 Å². The molecule has 0 aromatic rings. The first-order valence-electron chi connectivity index (χ1n) is 14.8. The lowest BCUT2D eigenvalue weighted by Crippen LogP contribution is -2.33. The van der Waals surface area contributed by atoms with Crippen LogP contribution >= 0.6 is 0 Å². The molecule has 36 heavy (non-hydrogen) atoms. The van der Waals surface area contributed by atoms with Crippen LogP contribution < -0.4 is 5.32 Å². The number of rotatable bonds is 22. The summed E-state index contributed by atoms with van der Waals surface area (Å²) in [7, 11) is 0. The second-order valence-corrected chi connectivity index (χ2v) is 11.3. The molecule has 7 heteroatoms. The van der Waals surface area contributed by atoms with Crippen molar-refractivity contribution in [2.24, 2.45) is 0 Å². The Bertz CT molecular complexity index is 564. The number of nitrogens with one attached hydrogen (secondary N) is 1. The average molecular weight is 513 g/mol. The molecular weight excluding hydrogens is 456 g/mol. The SMILES string of the molecule is CCCCCCCCCCCCCCCCOCC1CN(CCCCNC(=O)OC(C)(C)C)C(=O)O1. The topological polar surface area (TPSA) is 77.1 Å². The molecule has 0 saturated carbocycles. The quantitative estimate of drug-likeness (QED) is 0.151. The summed E-state index contributed by atoms with van der Waals surface area (Å²) >= 11 is 0. The van der Waals surface area contributed by atoms with Crippen LogP contribution in [0.5, 0.6) is 0 Å². The number of unbranched alkanes of at least 4 members (excludes halogenated alkanes) is 14. The third-order valence-electron chi connectivity index (χ3n) is 6.42. The summed E-state index contributed by atoms with van der Waals surface area (Å²) in [5.74, 6) is 0. The lowest BCUT2D eigenvalue weighted by molar-refractivity contribution is 0.0443. The maximum absolute atomic E-state index is 12.0. The minimum absolute atomic E-state index is 0.177. The van der Waals surface area contributed by atoms with Crippen molar-refractivity contribution in [1.82, 2.24) is 10.2 Å². The largest absolute Gasteiger partial charge is 0.444 e. The summed E-state index contributed by atoms with van der Waals surface area (Å²) in [5.41, 5.74) is -0.493. The van der Waals surface area contributed by atoms with Crippen LogP contribution in [0.25, 0.3) is 0 Å². The fourth-order valence-corrected chi connectivity index (χ4v) is 4.39. The van der Waals surface area contributed by atoms with Crippen molar-refractivity contribution in [2.45, 2.75) is 142 Å². The molecule has 0 radical (unpaired) electrons. The molecule has 1 fully saturated rings. The minimum Gasteiger partial charge on any atom is -0.444 e. The molecule has 1 unspecified atom stereocenters. The second-order valence-electron chi connectivity index (χ2n) is 11.3. The Balaban J connectivity index is 1.88. The van der Waals surface area contributed by atoms with Crippen molar-refractivity contribution in [1.29, 1.82) is 0 Å². The van der Waals surface area contributed by atoms with Gasteiger partial charge in [-0.2, -0.15) is 0 Å². The van der Waals surface area contributed by atoms with E-state index in [-0.39, 0.29) is 12.2 Å². The van der Waals surface area contributed by atoms with Gasteiger partial charge >= 0.3 is 12.2 Å². The first-order chi connectivity index (χ1) is 17.3. The molecular formula is C29H56N2O5. The third kappa shape index (κ3) is 18.7. The van der Waals surface area contributed by atoms with E-state index in [9.17, 15) is 9.59 Å². The van der Waals surface area contributed by atoms with Crippen molar-refractivity contribution >= 4 is 12.2 Å². The molecule has 1 rings (SSSR count). The minimum atomic E-state index is -0.493. The first kappa shape index (κ1) is 32.5. The van der Waals surface area contributed by atoms with Gasteiger partial charge in [0.05, 0.1) is 13.2 Å². The van der Waals surface area contributed by atoms with E-state index in [4.69, 9.17) is 14.2 Å². The summed E-state index contributed by atoms with van der Waals surface area (Å²) in [5, 5.41) is 2.74. The van der Waals surface area contributed by atoms with Gasteiger partial charge in [0.2, 0.25) is 0 Å². The normalized spacial score (nSPS) is 15.8. The number of nitrogens with zero attached hydrogens (tertiary/aromatic N) is 1. The van der Waals surface area contributed by atoms with E-state index in [1.807, 2.05) is 20.8 Å². The van der Waals surface area contributed by atoms with Crippen LogP contribution in [0.4, 0.5) is 9.59 Å². The third-order valence-corrected chi connectivity index (χ3v) is 6.42. The standard InChI is InChI=1S/C29H56N2O5/c1-5-6-7-8-9-10-11-12-13-14-15-16-17-20-23-34-25-26-24-31(28(33)35-26)22-19-18-21-30-27(32)36-29(2,3)4/h26H,5-25H2,1-4H3,(H,30,32). The zero-order chi connectivity index (χ0) is 26.5. The summed E-state index contributed by atoms with van der Waals surface area (Å²) in [4.78, 5) is 25.4. The Hall–Kier alpha value is -1.50. The van der Waals surface area contributed by atoms with Gasteiger partial charge in [0.25, 0.3) is 0 Å². The number of amides is 2. The zero-order valence-electron chi connectivity index (χ0n) is 23.9. The van der Waals surface area contributed by atoms with Gasteiger partial charge in [0.15, 0.2) is 0 Å². The van der Waals surface area contributed by atoms with Crippen LogP contribution in [-0.4, -0.2) is 61.6 Å². The van der Waals surface area contributed by atoms with Crippen molar-refractivity contribution < 1.29 is 23.8 Å². The summed E-state index contributed by atoms with van der Waals surface area (Å²) < 4.78 is 16.4. The second kappa shape index (κ2) is 20.5. The maximum atomic E-state index is 12.0. The summed E-state index contributed by atoms with van der Waals surface area (Å²) in [6.45, 7) is 10.7. The highest BCUT2D eigenvalue weighted by atomic mass is 16.6. The van der Waals surface area contributed by atoms with Gasteiger partial charge in [-0.25, -0.2) is 9.59 Å². The van der Waals surface area contributed by atoms with Gasteiger partial charge in [-0.3, -0.25) is 0 Å². The summed E-state index contributed by atoms with van der Waals surface area (Å²) in [6.07, 6.45) is 19.6. The van der Waals surface area contributed by atoms with E-state index in [1.54, 1.807) is 4.90 Å². The fraction of sp³-hybridized carbons (Fsp3) is 0.931. The van der Waals surface area contributed by atoms with Crippen molar-refractivity contribution in [3.8, 4) is 0 Å².